The highest BCUT2D eigenvalue weighted by atomic mass is 19.1. The van der Waals surface area contributed by atoms with E-state index < -0.39 is 0 Å². The van der Waals surface area contributed by atoms with Crippen molar-refractivity contribution in [2.45, 2.75) is 38.8 Å². The summed E-state index contributed by atoms with van der Waals surface area (Å²) in [6.07, 6.45) is 3.99. The molecule has 2 N–H and O–H groups in total. The molecule has 1 aliphatic rings. The minimum absolute atomic E-state index is 0.0400. The lowest BCUT2D eigenvalue weighted by atomic mass is 9.93. The smallest absolute Gasteiger partial charge is 0.326 e. The van der Waals surface area contributed by atoms with Gasteiger partial charge in [0.2, 0.25) is 0 Å². The maximum Gasteiger partial charge on any atom is 0.326 e. The zero-order valence-electron chi connectivity index (χ0n) is 21.3. The van der Waals surface area contributed by atoms with Crippen molar-refractivity contribution in [3.05, 3.63) is 94.4 Å². The van der Waals surface area contributed by atoms with E-state index in [2.05, 4.69) is 14.5 Å². The summed E-state index contributed by atoms with van der Waals surface area (Å²) in [7, 11) is 0. The second-order valence-corrected chi connectivity index (χ2v) is 10.4. The number of H-pyrrole nitrogens is 1. The molecule has 1 aliphatic heterocycles. The van der Waals surface area contributed by atoms with Crippen LogP contribution in [0, 0.1) is 11.7 Å². The summed E-state index contributed by atoms with van der Waals surface area (Å²) < 4.78 is 17.5. The number of aryl methyl sites for hydroxylation is 1. The van der Waals surface area contributed by atoms with Crippen LogP contribution in [0.1, 0.15) is 30.7 Å². The molecule has 3 aromatic carbocycles. The van der Waals surface area contributed by atoms with Gasteiger partial charge in [0.25, 0.3) is 0 Å². The van der Waals surface area contributed by atoms with Crippen molar-refractivity contribution in [2.75, 3.05) is 19.6 Å². The number of para-hydroxylation sites is 2. The fourth-order valence-electron chi connectivity index (χ4n) is 5.73. The molecule has 0 aliphatic carbocycles. The van der Waals surface area contributed by atoms with Crippen LogP contribution in [0.4, 0.5) is 4.39 Å². The van der Waals surface area contributed by atoms with Crippen LogP contribution in [0.2, 0.25) is 0 Å². The van der Waals surface area contributed by atoms with E-state index >= 15 is 0 Å². The Bertz CT molecular complexity index is 1610. The standard InChI is InChI=1S/C30H32FN5O2/c31-23-8-6-22(7-9-23)20-36-28-11-10-24(37)19-26(28)32-29(36)18-21-12-16-34(17-13-21)14-3-15-35-27-5-2-1-4-25(27)33-30(35)38/h1-2,4-11,19,21,37H,3,12-18,20H2,(H,33,38). The molecule has 38 heavy (non-hydrogen) atoms. The molecule has 1 fully saturated rings. The van der Waals surface area contributed by atoms with Gasteiger partial charge in [0.15, 0.2) is 0 Å². The summed E-state index contributed by atoms with van der Waals surface area (Å²) in [5.74, 6) is 1.50. The Balaban J connectivity index is 1.08. The van der Waals surface area contributed by atoms with Crippen LogP contribution in [0.25, 0.3) is 22.1 Å². The zero-order chi connectivity index (χ0) is 26.1. The van der Waals surface area contributed by atoms with Gasteiger partial charge in [0, 0.05) is 25.6 Å². The number of hydrogen-bond donors (Lipinski definition) is 2. The minimum atomic E-state index is -0.241. The number of fused-ring (bicyclic) bond motifs is 2. The van der Waals surface area contributed by atoms with E-state index in [-0.39, 0.29) is 17.3 Å². The van der Waals surface area contributed by atoms with Gasteiger partial charge in [-0.1, -0.05) is 24.3 Å². The molecule has 5 aromatic rings. The SMILES string of the molecule is O=c1[nH]c2ccccc2n1CCCN1CCC(Cc2nc3cc(O)ccc3n2Cc2ccc(F)cc2)CC1. The summed E-state index contributed by atoms with van der Waals surface area (Å²) in [6, 6.07) is 19.8. The maximum absolute atomic E-state index is 13.4. The summed E-state index contributed by atoms with van der Waals surface area (Å²) in [5.41, 5.74) is 4.59. The first kappa shape index (κ1) is 24.4. The van der Waals surface area contributed by atoms with E-state index in [0.717, 1.165) is 78.8 Å². The lowest BCUT2D eigenvalue weighted by Crippen LogP contribution is -2.36. The van der Waals surface area contributed by atoms with E-state index in [0.29, 0.717) is 19.0 Å². The van der Waals surface area contributed by atoms with Crippen molar-refractivity contribution < 1.29 is 9.50 Å². The van der Waals surface area contributed by atoms with Crippen LogP contribution in [0.15, 0.2) is 71.5 Å². The minimum Gasteiger partial charge on any atom is -0.508 e. The molecule has 0 unspecified atom stereocenters. The average molecular weight is 514 g/mol. The average Bonchev–Trinajstić information content (AvgIpc) is 3.42. The van der Waals surface area contributed by atoms with Crippen molar-refractivity contribution in [1.82, 2.24) is 24.0 Å². The number of aromatic amines is 1. The molecule has 8 heteroatoms. The molecule has 6 rings (SSSR count). The number of likely N-dealkylation sites (tertiary alicyclic amines) is 1. The maximum atomic E-state index is 13.4. The fraction of sp³-hybridized carbons (Fsp3) is 0.333. The Kier molecular flexibility index (Phi) is 6.72. The van der Waals surface area contributed by atoms with Crippen LogP contribution < -0.4 is 5.69 Å². The van der Waals surface area contributed by atoms with E-state index in [1.807, 2.05) is 47.0 Å². The normalized spacial score (nSPS) is 15.1. The van der Waals surface area contributed by atoms with Crippen LogP contribution >= 0.6 is 0 Å². The third-order valence-electron chi connectivity index (χ3n) is 7.78. The second kappa shape index (κ2) is 10.5. The van der Waals surface area contributed by atoms with Crippen molar-refractivity contribution in [2.24, 2.45) is 5.92 Å². The third kappa shape index (κ3) is 5.09. The highest BCUT2D eigenvalue weighted by Crippen LogP contribution is 2.27. The second-order valence-electron chi connectivity index (χ2n) is 10.4. The van der Waals surface area contributed by atoms with Crippen LogP contribution in [0.5, 0.6) is 5.75 Å². The van der Waals surface area contributed by atoms with Gasteiger partial charge in [0.1, 0.15) is 17.4 Å². The molecule has 0 atom stereocenters. The van der Waals surface area contributed by atoms with Crippen LogP contribution in [-0.2, 0) is 19.5 Å². The highest BCUT2D eigenvalue weighted by Gasteiger charge is 2.22. The van der Waals surface area contributed by atoms with Gasteiger partial charge in [-0.25, -0.2) is 14.2 Å². The van der Waals surface area contributed by atoms with Crippen molar-refractivity contribution >= 4 is 22.1 Å². The number of halogens is 1. The quantitative estimate of drug-likeness (QED) is 0.309. The zero-order valence-corrected chi connectivity index (χ0v) is 21.3. The number of nitrogens with zero attached hydrogens (tertiary/aromatic N) is 4. The first-order valence-electron chi connectivity index (χ1n) is 13.4. The summed E-state index contributed by atoms with van der Waals surface area (Å²) in [4.78, 5) is 22.7. The van der Waals surface area contributed by atoms with Gasteiger partial charge >= 0.3 is 5.69 Å². The monoisotopic (exact) mass is 513 g/mol. The summed E-state index contributed by atoms with van der Waals surface area (Å²) in [5, 5.41) is 9.98. The van der Waals surface area contributed by atoms with Gasteiger partial charge in [-0.15, -0.1) is 0 Å². The number of rotatable bonds is 8. The number of aromatic hydroxyl groups is 1. The Labute approximate surface area is 220 Å². The molecule has 0 bridgehead atoms. The van der Waals surface area contributed by atoms with Crippen LogP contribution in [0.3, 0.4) is 0 Å². The predicted molar refractivity (Wildman–Crippen MR) is 147 cm³/mol. The number of phenols is 1. The molecule has 2 aromatic heterocycles. The third-order valence-corrected chi connectivity index (χ3v) is 7.78. The number of nitrogens with one attached hydrogen (secondary N) is 1. The van der Waals surface area contributed by atoms with Crippen molar-refractivity contribution in [3.63, 3.8) is 0 Å². The fourth-order valence-corrected chi connectivity index (χ4v) is 5.73. The Hall–Kier alpha value is -3.91. The molecule has 7 nitrogen and oxygen atoms in total. The largest absolute Gasteiger partial charge is 0.508 e. The van der Waals surface area contributed by atoms with Crippen molar-refractivity contribution in [1.29, 1.82) is 0 Å². The number of phenolic OH excluding ortho intramolecular Hbond substituents is 1. The Morgan fingerprint density at radius 2 is 1.74 bits per heavy atom. The lowest BCUT2D eigenvalue weighted by molar-refractivity contribution is 0.178. The molecule has 0 spiro atoms. The lowest BCUT2D eigenvalue weighted by Gasteiger charge is -2.32. The van der Waals surface area contributed by atoms with E-state index in [9.17, 15) is 14.3 Å². The molecular weight excluding hydrogens is 481 g/mol. The van der Waals surface area contributed by atoms with Gasteiger partial charge in [-0.05, 0) is 86.8 Å². The highest BCUT2D eigenvalue weighted by molar-refractivity contribution is 5.78. The molecule has 0 amide bonds. The first-order valence-corrected chi connectivity index (χ1v) is 13.4. The Morgan fingerprint density at radius 1 is 0.947 bits per heavy atom. The summed E-state index contributed by atoms with van der Waals surface area (Å²) >= 11 is 0. The van der Waals surface area contributed by atoms with E-state index in [1.165, 1.54) is 12.1 Å². The van der Waals surface area contributed by atoms with Gasteiger partial charge < -0.3 is 19.6 Å². The molecule has 1 saturated heterocycles. The van der Waals surface area contributed by atoms with Crippen LogP contribution in [-0.4, -0.2) is 48.7 Å². The van der Waals surface area contributed by atoms with Gasteiger partial charge in [0.05, 0.1) is 22.1 Å². The molecule has 3 heterocycles. The number of benzene rings is 3. The van der Waals surface area contributed by atoms with Crippen molar-refractivity contribution in [3.8, 4) is 5.75 Å². The molecule has 0 radical (unpaired) electrons. The first-order chi connectivity index (χ1) is 18.5. The number of hydrogen-bond acceptors (Lipinski definition) is 4. The predicted octanol–water partition coefficient (Wildman–Crippen LogP) is 4.92. The van der Waals surface area contributed by atoms with E-state index in [1.54, 1.807) is 12.1 Å². The molecule has 196 valence electrons. The number of aromatic nitrogens is 4. The number of piperidine rings is 1. The molecule has 0 saturated carbocycles. The number of imidazole rings is 2. The van der Waals surface area contributed by atoms with Gasteiger partial charge in [-0.2, -0.15) is 0 Å². The van der Waals surface area contributed by atoms with Gasteiger partial charge in [-0.3, -0.25) is 4.57 Å². The summed E-state index contributed by atoms with van der Waals surface area (Å²) in [6.45, 7) is 4.37. The Morgan fingerprint density at radius 3 is 2.55 bits per heavy atom. The topological polar surface area (TPSA) is 79.1 Å². The van der Waals surface area contributed by atoms with E-state index in [4.69, 9.17) is 4.98 Å². The molecular formula is C30H32FN5O2.